The minimum absolute atomic E-state index is 0.221. The molecule has 1 aliphatic rings. The average Bonchev–Trinajstić information content (AvgIpc) is 2.24. The molecular weight excluding hydrogens is 266 g/mol. The molecule has 0 aliphatic carbocycles. The topological polar surface area (TPSA) is 116 Å². The van der Waals surface area contributed by atoms with E-state index >= 15 is 0 Å². The van der Waals surface area contributed by atoms with Gasteiger partial charge in [-0.2, -0.15) is 0 Å². The van der Waals surface area contributed by atoms with Gasteiger partial charge in [0, 0.05) is 6.04 Å². The van der Waals surface area contributed by atoms with E-state index in [1.54, 1.807) is 20.8 Å². The van der Waals surface area contributed by atoms with Gasteiger partial charge < -0.3 is 15.3 Å². The number of carbonyl (C=O) groups is 4. The van der Waals surface area contributed by atoms with Crippen molar-refractivity contribution in [1.29, 1.82) is 0 Å². The smallest absolute Gasteiger partial charge is 0.318 e. The Morgan fingerprint density at radius 3 is 2.20 bits per heavy atom. The van der Waals surface area contributed by atoms with Gasteiger partial charge in [0.15, 0.2) is 0 Å². The fourth-order valence-electron chi connectivity index (χ4n) is 1.77. The van der Waals surface area contributed by atoms with Crippen LogP contribution in [0.3, 0.4) is 0 Å². The summed E-state index contributed by atoms with van der Waals surface area (Å²) in [5, 5.41) is 13.5. The molecule has 0 spiro atoms. The number of urea groups is 1. The lowest BCUT2D eigenvalue weighted by Gasteiger charge is -2.33. The Morgan fingerprint density at radius 2 is 1.80 bits per heavy atom. The molecule has 0 aromatic rings. The number of carboxylic acid groups (broad SMARTS) is 1. The number of rotatable bonds is 3. The molecule has 1 saturated heterocycles. The summed E-state index contributed by atoms with van der Waals surface area (Å²) in [6.45, 7) is 4.96. The summed E-state index contributed by atoms with van der Waals surface area (Å²) in [5.41, 5.74) is -0.462. The standard InChI is InChI=1S/C12H19N3O5/c1-12(2,3)7(4-10(18)19)13-11(20)15-5-8(16)14-9(17)6-15/h7H,4-6H2,1-3H3,(H,13,20)(H,18,19)(H,14,16,17). The van der Waals surface area contributed by atoms with Crippen LogP contribution in [-0.2, 0) is 14.4 Å². The van der Waals surface area contributed by atoms with Gasteiger partial charge in [-0.25, -0.2) is 4.79 Å². The number of hydrogen-bond donors (Lipinski definition) is 3. The third kappa shape index (κ3) is 4.52. The molecular formula is C12H19N3O5. The summed E-state index contributed by atoms with van der Waals surface area (Å²) in [5.74, 6) is -2.14. The van der Waals surface area contributed by atoms with E-state index in [2.05, 4.69) is 10.6 Å². The molecule has 1 aliphatic heterocycles. The molecule has 0 bridgehead atoms. The molecule has 8 heteroatoms. The number of nitrogens with one attached hydrogen (secondary N) is 2. The van der Waals surface area contributed by atoms with Crippen LogP contribution in [0, 0.1) is 5.41 Å². The lowest BCUT2D eigenvalue weighted by atomic mass is 9.85. The van der Waals surface area contributed by atoms with Crippen LogP contribution in [-0.4, -0.2) is 53.0 Å². The SMILES string of the molecule is CC(C)(C)C(CC(=O)O)NC(=O)N1CC(=O)NC(=O)C1. The van der Waals surface area contributed by atoms with Crippen molar-refractivity contribution in [1.82, 2.24) is 15.5 Å². The normalized spacial score (nSPS) is 17.4. The molecule has 8 nitrogen and oxygen atoms in total. The fourth-order valence-corrected chi connectivity index (χ4v) is 1.77. The molecule has 1 unspecified atom stereocenters. The Hall–Kier alpha value is -2.12. The summed E-state index contributed by atoms with van der Waals surface area (Å²) >= 11 is 0. The summed E-state index contributed by atoms with van der Waals surface area (Å²) in [6, 6.07) is -1.22. The quantitative estimate of drug-likeness (QED) is 0.607. The first kappa shape index (κ1) is 15.9. The van der Waals surface area contributed by atoms with E-state index < -0.39 is 35.3 Å². The van der Waals surface area contributed by atoms with Crippen molar-refractivity contribution in [2.45, 2.75) is 33.2 Å². The van der Waals surface area contributed by atoms with E-state index in [4.69, 9.17) is 5.11 Å². The van der Waals surface area contributed by atoms with Crippen molar-refractivity contribution in [3.63, 3.8) is 0 Å². The molecule has 1 atom stereocenters. The van der Waals surface area contributed by atoms with Crippen molar-refractivity contribution in [3.05, 3.63) is 0 Å². The molecule has 0 saturated carbocycles. The number of carboxylic acids is 1. The fraction of sp³-hybridized carbons (Fsp3) is 0.667. The van der Waals surface area contributed by atoms with Crippen LogP contribution in [0.15, 0.2) is 0 Å². The molecule has 0 aromatic carbocycles. The van der Waals surface area contributed by atoms with Gasteiger partial charge in [0.25, 0.3) is 0 Å². The molecule has 0 radical (unpaired) electrons. The third-order valence-corrected chi connectivity index (χ3v) is 2.96. The molecule has 20 heavy (non-hydrogen) atoms. The van der Waals surface area contributed by atoms with Crippen molar-refractivity contribution in [2.75, 3.05) is 13.1 Å². The van der Waals surface area contributed by atoms with Gasteiger partial charge >= 0.3 is 12.0 Å². The van der Waals surface area contributed by atoms with Gasteiger partial charge in [-0.1, -0.05) is 20.8 Å². The molecule has 0 aromatic heterocycles. The van der Waals surface area contributed by atoms with E-state index in [1.807, 2.05) is 0 Å². The first-order chi connectivity index (χ1) is 9.09. The van der Waals surface area contributed by atoms with E-state index in [9.17, 15) is 19.2 Å². The number of carbonyl (C=O) groups excluding carboxylic acids is 3. The Balaban J connectivity index is 2.73. The average molecular weight is 285 g/mol. The van der Waals surface area contributed by atoms with Gasteiger partial charge in [-0.15, -0.1) is 0 Å². The maximum atomic E-state index is 12.0. The highest BCUT2D eigenvalue weighted by molar-refractivity contribution is 6.02. The van der Waals surface area contributed by atoms with E-state index in [0.717, 1.165) is 4.90 Å². The van der Waals surface area contributed by atoms with E-state index in [1.165, 1.54) is 0 Å². The van der Waals surface area contributed by atoms with Crippen molar-refractivity contribution >= 4 is 23.8 Å². The van der Waals surface area contributed by atoms with Crippen molar-refractivity contribution in [2.24, 2.45) is 5.41 Å². The van der Waals surface area contributed by atoms with Gasteiger partial charge in [0.05, 0.1) is 6.42 Å². The minimum Gasteiger partial charge on any atom is -0.481 e. The Bertz CT molecular complexity index is 425. The Morgan fingerprint density at radius 1 is 1.30 bits per heavy atom. The summed E-state index contributed by atoms with van der Waals surface area (Å²) in [6.07, 6.45) is -0.233. The zero-order chi connectivity index (χ0) is 15.5. The van der Waals surface area contributed by atoms with Crippen molar-refractivity contribution < 1.29 is 24.3 Å². The number of amides is 4. The summed E-state index contributed by atoms with van der Waals surface area (Å²) in [4.78, 5) is 46.3. The maximum absolute atomic E-state index is 12.0. The van der Waals surface area contributed by atoms with Crippen LogP contribution in [0.25, 0.3) is 0 Å². The number of hydrogen-bond acceptors (Lipinski definition) is 4. The van der Waals surface area contributed by atoms with Crippen LogP contribution < -0.4 is 10.6 Å². The maximum Gasteiger partial charge on any atom is 0.318 e. The zero-order valence-electron chi connectivity index (χ0n) is 11.7. The molecule has 112 valence electrons. The van der Waals surface area contributed by atoms with Crippen LogP contribution in [0.5, 0.6) is 0 Å². The second kappa shape index (κ2) is 5.89. The molecule has 4 amide bonds. The predicted octanol–water partition coefficient (Wildman–Crippen LogP) is -0.456. The van der Waals surface area contributed by atoms with Crippen molar-refractivity contribution in [3.8, 4) is 0 Å². The van der Waals surface area contributed by atoms with E-state index in [0.29, 0.717) is 0 Å². The first-order valence-corrected chi connectivity index (χ1v) is 6.19. The Labute approximate surface area is 116 Å². The second-order valence-corrected chi connectivity index (χ2v) is 5.79. The zero-order valence-corrected chi connectivity index (χ0v) is 11.7. The number of piperazine rings is 1. The highest BCUT2D eigenvalue weighted by atomic mass is 16.4. The number of aliphatic carboxylic acids is 1. The predicted molar refractivity (Wildman–Crippen MR) is 68.8 cm³/mol. The van der Waals surface area contributed by atoms with Gasteiger partial charge in [-0.3, -0.25) is 19.7 Å². The van der Waals surface area contributed by atoms with Gasteiger partial charge in [0.1, 0.15) is 13.1 Å². The molecule has 1 fully saturated rings. The monoisotopic (exact) mass is 285 g/mol. The highest BCUT2D eigenvalue weighted by Crippen LogP contribution is 2.22. The minimum atomic E-state index is -1.03. The summed E-state index contributed by atoms with van der Waals surface area (Å²) < 4.78 is 0. The third-order valence-electron chi connectivity index (χ3n) is 2.96. The first-order valence-electron chi connectivity index (χ1n) is 6.19. The number of imide groups is 1. The van der Waals surface area contributed by atoms with E-state index in [-0.39, 0.29) is 19.5 Å². The molecule has 3 N–H and O–H groups in total. The van der Waals surface area contributed by atoms with Crippen LogP contribution in [0.1, 0.15) is 27.2 Å². The van der Waals surface area contributed by atoms with Gasteiger partial charge in [0.2, 0.25) is 11.8 Å². The van der Waals surface area contributed by atoms with Gasteiger partial charge in [-0.05, 0) is 5.41 Å². The summed E-state index contributed by atoms with van der Waals surface area (Å²) in [7, 11) is 0. The highest BCUT2D eigenvalue weighted by Gasteiger charge is 2.32. The Kier molecular flexibility index (Phi) is 4.69. The van der Waals surface area contributed by atoms with Crippen LogP contribution in [0.2, 0.25) is 0 Å². The second-order valence-electron chi connectivity index (χ2n) is 5.79. The lowest BCUT2D eigenvalue weighted by molar-refractivity contribution is -0.139. The van der Waals surface area contributed by atoms with Crippen LogP contribution in [0.4, 0.5) is 4.79 Å². The molecule has 1 rings (SSSR count). The lowest BCUT2D eigenvalue weighted by Crippen LogP contribution is -2.58. The molecule has 1 heterocycles. The van der Waals surface area contributed by atoms with Crippen LogP contribution >= 0.6 is 0 Å². The largest absolute Gasteiger partial charge is 0.481 e. The number of nitrogens with zero attached hydrogens (tertiary/aromatic N) is 1.